The van der Waals surface area contributed by atoms with Crippen molar-refractivity contribution in [3.63, 3.8) is 0 Å². The van der Waals surface area contributed by atoms with Crippen molar-refractivity contribution in [1.82, 2.24) is 10.2 Å². The third-order valence-electron chi connectivity index (χ3n) is 8.43. The Morgan fingerprint density at radius 1 is 0.955 bits per heavy atom. The summed E-state index contributed by atoms with van der Waals surface area (Å²) in [4.78, 5) is 28.7. The molecule has 0 aromatic heterocycles. The first-order valence-electron chi connectivity index (χ1n) is 14.7. The lowest BCUT2D eigenvalue weighted by atomic mass is 9.99. The third-order valence-corrected chi connectivity index (χ3v) is 8.43. The van der Waals surface area contributed by atoms with Crippen LogP contribution in [0.4, 0.5) is 23.2 Å². The lowest BCUT2D eigenvalue weighted by molar-refractivity contribution is -0.137. The minimum absolute atomic E-state index is 0.0553. The Morgan fingerprint density at radius 3 is 2.25 bits per heavy atom. The summed E-state index contributed by atoms with van der Waals surface area (Å²) in [6, 6.07) is 14.4. The number of likely N-dealkylation sites (tertiary alicyclic amines) is 1. The summed E-state index contributed by atoms with van der Waals surface area (Å²) >= 11 is 0. The van der Waals surface area contributed by atoms with Crippen LogP contribution in [0.25, 0.3) is 0 Å². The van der Waals surface area contributed by atoms with Crippen LogP contribution in [-0.2, 0) is 12.7 Å². The van der Waals surface area contributed by atoms with E-state index >= 15 is 0 Å². The number of ether oxygens (including phenoxy) is 1. The van der Waals surface area contributed by atoms with Crippen LogP contribution < -0.4 is 15.0 Å². The topological polar surface area (TPSA) is 82.1 Å². The van der Waals surface area contributed by atoms with Crippen LogP contribution in [0.3, 0.4) is 0 Å². The summed E-state index contributed by atoms with van der Waals surface area (Å²) < 4.78 is 59.4. The van der Waals surface area contributed by atoms with Crippen LogP contribution in [-0.4, -0.2) is 60.2 Å². The minimum atomic E-state index is -4.38. The number of carbonyl (C=O) groups is 2. The molecule has 2 saturated heterocycles. The predicted molar refractivity (Wildman–Crippen MR) is 158 cm³/mol. The molecule has 7 nitrogen and oxygen atoms in total. The van der Waals surface area contributed by atoms with Crippen LogP contribution in [0.1, 0.15) is 63.1 Å². The van der Waals surface area contributed by atoms with Crippen molar-refractivity contribution >= 4 is 17.6 Å². The molecule has 3 aromatic rings. The second-order valence-corrected chi connectivity index (χ2v) is 11.4. The van der Waals surface area contributed by atoms with Gasteiger partial charge in [-0.1, -0.05) is 12.1 Å². The first-order chi connectivity index (χ1) is 21.0. The Hall–Kier alpha value is -4.12. The van der Waals surface area contributed by atoms with Crippen LogP contribution in [0.15, 0.2) is 60.7 Å². The van der Waals surface area contributed by atoms with Gasteiger partial charge >= 0.3 is 12.1 Å². The molecule has 0 spiro atoms. The van der Waals surface area contributed by atoms with Crippen molar-refractivity contribution in [2.75, 3.05) is 31.1 Å². The number of piperidine rings is 2. The standard InChI is InChI=1S/C33H35F4N3O4/c1-21-3-2-4-27(32(42)43)28(21)20-39-15-11-24(12-16-39)38-31(41)22-5-10-30(29(34)19-22)44-26-13-17-40(18-14-26)25-8-6-23(7-9-25)33(35,36)37/h2-10,19,24,26H,11-18,20H2,1H3,(H,38,41)(H,42,43). The largest absolute Gasteiger partial charge is 0.487 e. The maximum absolute atomic E-state index is 14.9. The molecule has 0 saturated carbocycles. The van der Waals surface area contributed by atoms with Crippen molar-refractivity contribution in [3.8, 4) is 5.75 Å². The molecule has 5 rings (SSSR count). The normalized spacial score (nSPS) is 17.0. The highest BCUT2D eigenvalue weighted by atomic mass is 19.4. The molecule has 0 bridgehead atoms. The number of hydrogen-bond donors (Lipinski definition) is 2. The van der Waals surface area contributed by atoms with E-state index in [9.17, 15) is 32.3 Å². The molecule has 2 fully saturated rings. The van der Waals surface area contributed by atoms with Gasteiger partial charge in [0.15, 0.2) is 11.6 Å². The number of amides is 1. The van der Waals surface area contributed by atoms with Gasteiger partial charge in [-0.05, 0) is 79.4 Å². The number of nitrogens with one attached hydrogen (secondary N) is 1. The molecule has 2 aliphatic heterocycles. The van der Waals surface area contributed by atoms with Gasteiger partial charge in [0.2, 0.25) is 0 Å². The summed E-state index contributed by atoms with van der Waals surface area (Å²) in [7, 11) is 0. The lowest BCUT2D eigenvalue weighted by Gasteiger charge is -2.34. The number of alkyl halides is 3. The molecule has 0 aliphatic carbocycles. The third kappa shape index (κ3) is 7.50. The number of nitrogens with zero attached hydrogens (tertiary/aromatic N) is 2. The van der Waals surface area contributed by atoms with E-state index in [1.54, 1.807) is 12.1 Å². The second-order valence-electron chi connectivity index (χ2n) is 11.4. The first kappa shape index (κ1) is 31.3. The number of carbonyl (C=O) groups excluding carboxylic acids is 1. The highest BCUT2D eigenvalue weighted by Crippen LogP contribution is 2.32. The quantitative estimate of drug-likeness (QED) is 0.291. The number of aromatic carboxylic acids is 1. The van der Waals surface area contributed by atoms with Crippen LogP contribution in [0, 0.1) is 12.7 Å². The number of rotatable bonds is 8. The van der Waals surface area contributed by atoms with E-state index in [-0.39, 0.29) is 29.4 Å². The molecule has 234 valence electrons. The van der Waals surface area contributed by atoms with Crippen molar-refractivity contribution < 1.29 is 37.0 Å². The average molecular weight is 614 g/mol. The Labute approximate surface area is 253 Å². The Bertz CT molecular complexity index is 1480. The van der Waals surface area contributed by atoms with E-state index in [4.69, 9.17) is 4.74 Å². The monoisotopic (exact) mass is 613 g/mol. The zero-order valence-electron chi connectivity index (χ0n) is 24.4. The lowest BCUT2D eigenvalue weighted by Crippen LogP contribution is -2.44. The van der Waals surface area contributed by atoms with E-state index in [1.807, 2.05) is 17.9 Å². The fourth-order valence-electron chi connectivity index (χ4n) is 5.85. The Balaban J connectivity index is 1.09. The van der Waals surface area contributed by atoms with Crippen molar-refractivity contribution in [3.05, 3.63) is 94.3 Å². The van der Waals surface area contributed by atoms with Crippen molar-refractivity contribution in [2.24, 2.45) is 0 Å². The van der Waals surface area contributed by atoms with Gasteiger partial charge in [0.1, 0.15) is 6.10 Å². The highest BCUT2D eigenvalue weighted by molar-refractivity contribution is 5.94. The van der Waals surface area contributed by atoms with E-state index in [2.05, 4.69) is 10.2 Å². The fraction of sp³-hybridized carbons (Fsp3) is 0.394. The molecule has 1 amide bonds. The predicted octanol–water partition coefficient (Wildman–Crippen LogP) is 6.29. The van der Waals surface area contributed by atoms with Gasteiger partial charge in [0, 0.05) is 62.9 Å². The zero-order valence-corrected chi connectivity index (χ0v) is 24.4. The van der Waals surface area contributed by atoms with E-state index in [0.717, 1.165) is 23.3 Å². The molecule has 2 heterocycles. The smallest absolute Gasteiger partial charge is 0.416 e. The summed E-state index contributed by atoms with van der Waals surface area (Å²) in [6.45, 7) is 4.93. The molecule has 0 unspecified atom stereocenters. The number of benzene rings is 3. The number of anilines is 1. The molecule has 11 heteroatoms. The van der Waals surface area contributed by atoms with Gasteiger partial charge in [-0.25, -0.2) is 9.18 Å². The SMILES string of the molecule is Cc1cccc(C(=O)O)c1CN1CCC(NC(=O)c2ccc(OC3CCN(c4ccc(C(F)(F)F)cc4)CC3)c(F)c2)CC1. The maximum atomic E-state index is 14.9. The number of carboxylic acids is 1. The average Bonchev–Trinajstić information content (AvgIpc) is 3.00. The second kappa shape index (κ2) is 13.3. The maximum Gasteiger partial charge on any atom is 0.416 e. The van der Waals surface area contributed by atoms with Gasteiger partial charge in [0.05, 0.1) is 11.1 Å². The molecule has 0 radical (unpaired) electrons. The molecular weight excluding hydrogens is 578 g/mol. The Kier molecular flexibility index (Phi) is 9.43. The fourth-order valence-corrected chi connectivity index (χ4v) is 5.85. The molecule has 2 N–H and O–H groups in total. The van der Waals surface area contributed by atoms with Crippen LogP contribution >= 0.6 is 0 Å². The van der Waals surface area contributed by atoms with E-state index < -0.39 is 23.5 Å². The summed E-state index contributed by atoms with van der Waals surface area (Å²) in [5, 5.41) is 12.5. The number of aryl methyl sites for hydroxylation is 1. The van der Waals surface area contributed by atoms with Gasteiger partial charge in [-0.2, -0.15) is 13.2 Å². The summed E-state index contributed by atoms with van der Waals surface area (Å²) in [6.07, 6.45) is -2.11. The van der Waals surface area contributed by atoms with Crippen LogP contribution in [0.2, 0.25) is 0 Å². The molecule has 44 heavy (non-hydrogen) atoms. The summed E-state index contributed by atoms with van der Waals surface area (Å²) in [5.74, 6) is -1.90. The van der Waals surface area contributed by atoms with Crippen molar-refractivity contribution in [2.45, 2.75) is 57.5 Å². The zero-order chi connectivity index (χ0) is 31.4. The van der Waals surface area contributed by atoms with E-state index in [1.165, 1.54) is 30.3 Å². The number of hydrogen-bond acceptors (Lipinski definition) is 5. The van der Waals surface area contributed by atoms with Gasteiger partial charge in [-0.3, -0.25) is 9.69 Å². The van der Waals surface area contributed by atoms with Gasteiger partial charge in [-0.15, -0.1) is 0 Å². The molecule has 0 atom stereocenters. The Morgan fingerprint density at radius 2 is 1.64 bits per heavy atom. The van der Waals surface area contributed by atoms with Crippen LogP contribution in [0.5, 0.6) is 5.75 Å². The highest BCUT2D eigenvalue weighted by Gasteiger charge is 2.31. The minimum Gasteiger partial charge on any atom is -0.487 e. The molecule has 3 aromatic carbocycles. The number of halogens is 4. The number of carboxylic acid groups (broad SMARTS) is 1. The summed E-state index contributed by atoms with van der Waals surface area (Å²) in [5.41, 5.74) is 2.23. The van der Waals surface area contributed by atoms with Gasteiger partial charge < -0.3 is 20.1 Å². The van der Waals surface area contributed by atoms with E-state index in [0.29, 0.717) is 69.7 Å². The molecular formula is C33H35F4N3O4. The molecule has 2 aliphatic rings. The van der Waals surface area contributed by atoms with Crippen molar-refractivity contribution in [1.29, 1.82) is 0 Å². The first-order valence-corrected chi connectivity index (χ1v) is 14.7. The van der Waals surface area contributed by atoms with Gasteiger partial charge in [0.25, 0.3) is 5.91 Å².